The van der Waals surface area contributed by atoms with E-state index in [1.54, 1.807) is 0 Å². The third-order valence-corrected chi connectivity index (χ3v) is 4.90. The van der Waals surface area contributed by atoms with Crippen LogP contribution in [0.3, 0.4) is 0 Å². The average molecular weight is 343 g/mol. The molecule has 2 aromatic rings. The van der Waals surface area contributed by atoms with Gasteiger partial charge < -0.3 is 0 Å². The second-order valence-corrected chi connectivity index (χ2v) is 7.00. The monoisotopic (exact) mass is 342 g/mol. The van der Waals surface area contributed by atoms with Gasteiger partial charge in [0.1, 0.15) is 5.82 Å². The molecule has 0 unspecified atom stereocenters. The van der Waals surface area contributed by atoms with Gasteiger partial charge in [-0.25, -0.2) is 4.68 Å². The molecule has 1 aliphatic rings. The van der Waals surface area contributed by atoms with E-state index in [9.17, 15) is 0 Å². The predicted molar refractivity (Wildman–Crippen MR) is 101 cm³/mol. The molecule has 0 saturated heterocycles. The molecule has 0 N–H and O–H groups in total. The highest BCUT2D eigenvalue weighted by Crippen LogP contribution is 2.39. The van der Waals surface area contributed by atoms with Crippen molar-refractivity contribution in [2.24, 2.45) is 0 Å². The van der Waals surface area contributed by atoms with Crippen molar-refractivity contribution in [3.8, 4) is 0 Å². The van der Waals surface area contributed by atoms with Crippen molar-refractivity contribution in [1.82, 2.24) is 19.2 Å². The molecule has 5 heteroatoms. The van der Waals surface area contributed by atoms with Gasteiger partial charge in [-0.1, -0.05) is 37.3 Å². The first-order valence-electron chi connectivity index (χ1n) is 8.67. The van der Waals surface area contributed by atoms with E-state index in [1.807, 2.05) is 10.8 Å². The molecule has 4 nitrogen and oxygen atoms in total. The smallest absolute Gasteiger partial charge is 0.199 e. The summed E-state index contributed by atoms with van der Waals surface area (Å²) in [4.78, 5) is 2.25. The lowest BCUT2D eigenvalue weighted by Crippen LogP contribution is -2.22. The molecular weight excluding hydrogens is 316 g/mol. The van der Waals surface area contributed by atoms with Crippen LogP contribution in [0.15, 0.2) is 36.9 Å². The first-order valence-corrected chi connectivity index (χ1v) is 9.08. The van der Waals surface area contributed by atoms with E-state index in [0.29, 0.717) is 12.6 Å². The van der Waals surface area contributed by atoms with Crippen LogP contribution < -0.4 is 0 Å². The molecule has 0 aliphatic heterocycles. The molecule has 1 aromatic heterocycles. The van der Waals surface area contributed by atoms with Crippen molar-refractivity contribution in [3.05, 3.63) is 58.6 Å². The number of aromatic nitrogens is 3. The van der Waals surface area contributed by atoms with Crippen molar-refractivity contribution in [2.75, 3.05) is 7.05 Å². The lowest BCUT2D eigenvalue weighted by molar-refractivity contribution is 0.243. The normalized spacial score (nSPS) is 14.3. The Bertz CT molecular complexity index is 753. The van der Waals surface area contributed by atoms with Gasteiger partial charge in [-0.2, -0.15) is 5.10 Å². The summed E-state index contributed by atoms with van der Waals surface area (Å²) in [6.07, 6.45) is 5.42. The van der Waals surface area contributed by atoms with Crippen LogP contribution in [0.2, 0.25) is 0 Å². The molecule has 0 amide bonds. The van der Waals surface area contributed by atoms with Crippen LogP contribution in [0.1, 0.15) is 42.6 Å². The van der Waals surface area contributed by atoms with Crippen LogP contribution in [0.5, 0.6) is 0 Å². The lowest BCUT2D eigenvalue weighted by Gasteiger charge is -2.16. The molecule has 1 aromatic carbocycles. The van der Waals surface area contributed by atoms with Crippen molar-refractivity contribution in [3.63, 3.8) is 0 Å². The predicted octanol–water partition coefficient (Wildman–Crippen LogP) is 4.13. The van der Waals surface area contributed by atoms with Crippen LogP contribution in [0.4, 0.5) is 0 Å². The van der Waals surface area contributed by atoms with Gasteiger partial charge in [0.15, 0.2) is 4.77 Å². The Morgan fingerprint density at radius 1 is 1.29 bits per heavy atom. The number of benzene rings is 1. The zero-order valence-corrected chi connectivity index (χ0v) is 15.4. The number of aryl methyl sites for hydroxylation is 1. The summed E-state index contributed by atoms with van der Waals surface area (Å²) in [6.45, 7) is 8.36. The number of rotatable bonds is 8. The lowest BCUT2D eigenvalue weighted by atomic mass is 10.1. The third-order valence-electron chi connectivity index (χ3n) is 4.46. The van der Waals surface area contributed by atoms with Gasteiger partial charge in [0.2, 0.25) is 0 Å². The molecule has 0 radical (unpaired) electrons. The first-order chi connectivity index (χ1) is 11.6. The highest BCUT2D eigenvalue weighted by molar-refractivity contribution is 7.71. The van der Waals surface area contributed by atoms with Gasteiger partial charge in [-0.3, -0.25) is 9.47 Å². The zero-order chi connectivity index (χ0) is 17.1. The van der Waals surface area contributed by atoms with Crippen LogP contribution in [0, 0.1) is 4.77 Å². The topological polar surface area (TPSA) is 26.0 Å². The summed E-state index contributed by atoms with van der Waals surface area (Å²) >= 11 is 5.63. The molecule has 1 aliphatic carbocycles. The summed E-state index contributed by atoms with van der Waals surface area (Å²) in [5.74, 6) is 1.71. The van der Waals surface area contributed by atoms with Gasteiger partial charge in [0, 0.05) is 19.0 Å². The van der Waals surface area contributed by atoms with E-state index in [1.165, 1.54) is 24.0 Å². The van der Waals surface area contributed by atoms with Crippen molar-refractivity contribution >= 4 is 12.2 Å². The van der Waals surface area contributed by atoms with Crippen LogP contribution in [-0.4, -0.2) is 26.3 Å². The highest BCUT2D eigenvalue weighted by Gasteiger charge is 2.29. The van der Waals surface area contributed by atoms with Gasteiger partial charge in [0.25, 0.3) is 0 Å². The maximum Gasteiger partial charge on any atom is 0.199 e. The van der Waals surface area contributed by atoms with Crippen LogP contribution in [-0.2, 0) is 26.2 Å². The summed E-state index contributed by atoms with van der Waals surface area (Å²) in [7, 11) is 2.11. The number of hydrogen-bond donors (Lipinski definition) is 0. The average Bonchev–Trinajstić information content (AvgIpc) is 3.37. The quantitative estimate of drug-likeness (QED) is 0.533. The van der Waals surface area contributed by atoms with Crippen molar-refractivity contribution in [2.45, 2.75) is 51.9 Å². The van der Waals surface area contributed by atoms with E-state index in [2.05, 4.69) is 54.3 Å². The summed E-state index contributed by atoms with van der Waals surface area (Å²) in [6, 6.07) is 8.83. The molecule has 3 rings (SSSR count). The van der Waals surface area contributed by atoms with Gasteiger partial charge >= 0.3 is 0 Å². The number of nitrogens with zero attached hydrogens (tertiary/aromatic N) is 4. The number of hydrogen-bond acceptors (Lipinski definition) is 3. The maximum atomic E-state index is 5.63. The van der Waals surface area contributed by atoms with Crippen molar-refractivity contribution in [1.29, 1.82) is 0 Å². The van der Waals surface area contributed by atoms with E-state index < -0.39 is 0 Å². The van der Waals surface area contributed by atoms with E-state index in [0.717, 1.165) is 30.1 Å². The Hall–Kier alpha value is -1.72. The fourth-order valence-corrected chi connectivity index (χ4v) is 3.23. The van der Waals surface area contributed by atoms with E-state index in [-0.39, 0.29) is 0 Å². The Balaban J connectivity index is 1.71. The zero-order valence-electron chi connectivity index (χ0n) is 14.6. The Morgan fingerprint density at radius 2 is 1.96 bits per heavy atom. The number of allylic oxidation sites excluding steroid dienone is 1. The molecule has 24 heavy (non-hydrogen) atoms. The van der Waals surface area contributed by atoms with Gasteiger partial charge in [0.05, 0.1) is 6.67 Å². The minimum absolute atomic E-state index is 0.583. The highest BCUT2D eigenvalue weighted by atomic mass is 32.1. The second kappa shape index (κ2) is 7.45. The minimum Gasteiger partial charge on any atom is -0.300 e. The molecule has 0 bridgehead atoms. The van der Waals surface area contributed by atoms with Crippen LogP contribution in [0.25, 0.3) is 0 Å². The third kappa shape index (κ3) is 3.84. The summed E-state index contributed by atoms with van der Waals surface area (Å²) in [5.41, 5.74) is 2.69. The first kappa shape index (κ1) is 17.1. The maximum absolute atomic E-state index is 5.63. The fourth-order valence-electron chi connectivity index (χ4n) is 2.96. The van der Waals surface area contributed by atoms with Gasteiger partial charge in [-0.15, -0.1) is 6.58 Å². The van der Waals surface area contributed by atoms with Gasteiger partial charge in [-0.05, 0) is 49.7 Å². The van der Waals surface area contributed by atoms with E-state index >= 15 is 0 Å². The molecule has 128 valence electrons. The molecule has 0 spiro atoms. The molecule has 1 heterocycles. The van der Waals surface area contributed by atoms with E-state index in [4.69, 9.17) is 17.3 Å². The standard InChI is InChI=1S/C19H26N4S/c1-4-12-22-18(17-10-11-17)20-23(19(22)24)14-21(3)13-16-8-6-15(5-2)7-9-16/h4,6-9,17H,1,5,10-14H2,2-3H3. The summed E-state index contributed by atoms with van der Waals surface area (Å²) < 4.78 is 4.88. The van der Waals surface area contributed by atoms with Crippen molar-refractivity contribution < 1.29 is 0 Å². The largest absolute Gasteiger partial charge is 0.300 e. The molecule has 0 atom stereocenters. The Kier molecular flexibility index (Phi) is 5.31. The SMILES string of the molecule is C=CCn1c(C2CC2)nn(CN(C)Cc2ccc(CC)cc2)c1=S. The molecule has 1 fully saturated rings. The fraction of sp³-hybridized carbons (Fsp3) is 0.474. The Labute approximate surface area is 149 Å². The Morgan fingerprint density at radius 3 is 2.54 bits per heavy atom. The minimum atomic E-state index is 0.583. The molecular formula is C19H26N4S. The summed E-state index contributed by atoms with van der Waals surface area (Å²) in [5, 5.41) is 4.79. The van der Waals surface area contributed by atoms with Crippen LogP contribution >= 0.6 is 12.2 Å². The molecule has 1 saturated carbocycles. The second-order valence-electron chi connectivity index (χ2n) is 6.64.